The summed E-state index contributed by atoms with van der Waals surface area (Å²) in [5.74, 6) is 0. The summed E-state index contributed by atoms with van der Waals surface area (Å²) in [5, 5.41) is 28.3. The lowest BCUT2D eigenvalue weighted by Gasteiger charge is -2.44. The minimum absolute atomic E-state index is 0.109. The number of aliphatic hydroxyl groups excluding tert-OH is 1. The minimum Gasteiger partial charge on any atom is -0.388 e. The van der Waals surface area contributed by atoms with Crippen LogP contribution in [0.1, 0.15) is 54.6 Å². The Kier molecular flexibility index (Phi) is 5.83. The monoisotopic (exact) mass is 420 g/mol. The number of nitrogens with zero attached hydrogens (tertiary/aromatic N) is 4. The van der Waals surface area contributed by atoms with Crippen LogP contribution in [0.4, 0.5) is 0 Å². The molecule has 2 aliphatic rings. The van der Waals surface area contributed by atoms with Crippen molar-refractivity contribution in [2.24, 2.45) is 0 Å². The van der Waals surface area contributed by atoms with E-state index in [2.05, 4.69) is 28.2 Å². The fraction of sp³-hybridized carbons (Fsp3) is 0.714. The zero-order chi connectivity index (χ0) is 20.6. The largest absolute Gasteiger partial charge is 0.388 e. The first-order valence-corrected chi connectivity index (χ1v) is 11.4. The van der Waals surface area contributed by atoms with E-state index in [1.165, 1.54) is 15.3 Å². The van der Waals surface area contributed by atoms with Gasteiger partial charge in [-0.25, -0.2) is 4.68 Å². The Morgan fingerprint density at radius 2 is 2.10 bits per heavy atom. The van der Waals surface area contributed by atoms with Crippen LogP contribution in [-0.4, -0.2) is 61.5 Å². The summed E-state index contributed by atoms with van der Waals surface area (Å²) in [7, 11) is 0. The maximum absolute atomic E-state index is 10.0. The molecule has 1 atom stereocenters. The molecule has 29 heavy (non-hydrogen) atoms. The Morgan fingerprint density at radius 3 is 2.79 bits per heavy atom. The van der Waals surface area contributed by atoms with Crippen molar-refractivity contribution in [2.45, 2.75) is 76.9 Å². The Hall–Kier alpha value is -1.32. The summed E-state index contributed by atoms with van der Waals surface area (Å²) in [6, 6.07) is 2.38. The molecule has 0 aliphatic carbocycles. The maximum atomic E-state index is 10.0. The number of aryl methyl sites for hydroxylation is 1. The highest BCUT2D eigenvalue weighted by molar-refractivity contribution is 7.12. The average Bonchev–Trinajstić information content (AvgIpc) is 3.30. The lowest BCUT2D eigenvalue weighted by Crippen LogP contribution is -2.45. The average molecular weight is 421 g/mol. The molecule has 2 N–H and O–H groups in total. The van der Waals surface area contributed by atoms with Gasteiger partial charge in [0.25, 0.3) is 0 Å². The van der Waals surface area contributed by atoms with Crippen molar-refractivity contribution < 1.29 is 14.9 Å². The number of piperidine rings is 1. The topological polar surface area (TPSA) is 83.6 Å². The highest BCUT2D eigenvalue weighted by atomic mass is 32.1. The van der Waals surface area contributed by atoms with E-state index >= 15 is 0 Å². The van der Waals surface area contributed by atoms with Gasteiger partial charge in [-0.15, -0.1) is 16.4 Å². The number of ether oxygens (including phenoxy) is 1. The molecule has 7 nitrogen and oxygen atoms in total. The Morgan fingerprint density at radius 1 is 1.34 bits per heavy atom. The minimum atomic E-state index is -1.16. The third-order valence-corrected chi connectivity index (χ3v) is 7.56. The zero-order valence-electron chi connectivity index (χ0n) is 17.6. The molecule has 4 heterocycles. The molecule has 0 radical (unpaired) electrons. The van der Waals surface area contributed by atoms with Crippen molar-refractivity contribution in [3.05, 3.63) is 33.3 Å². The van der Waals surface area contributed by atoms with E-state index in [9.17, 15) is 10.2 Å². The van der Waals surface area contributed by atoms with Crippen LogP contribution in [0.15, 0.2) is 12.3 Å². The normalized spacial score (nSPS) is 20.7. The van der Waals surface area contributed by atoms with Gasteiger partial charge in [-0.1, -0.05) is 12.1 Å². The number of hydrogen-bond acceptors (Lipinski definition) is 7. The van der Waals surface area contributed by atoms with Crippen LogP contribution in [0.3, 0.4) is 0 Å². The molecule has 1 spiro atoms. The van der Waals surface area contributed by atoms with E-state index in [0.29, 0.717) is 0 Å². The van der Waals surface area contributed by atoms with Crippen molar-refractivity contribution in [2.75, 3.05) is 19.7 Å². The molecule has 4 rings (SSSR count). The number of aromatic nitrogens is 3. The van der Waals surface area contributed by atoms with Crippen LogP contribution < -0.4 is 0 Å². The lowest BCUT2D eigenvalue weighted by atomic mass is 9.82. The second kappa shape index (κ2) is 8.07. The highest BCUT2D eigenvalue weighted by Gasteiger charge is 2.41. The molecule has 8 heteroatoms. The third kappa shape index (κ3) is 4.41. The summed E-state index contributed by atoms with van der Waals surface area (Å²) in [6.45, 7) is 9.14. The molecular weight excluding hydrogens is 388 g/mol. The first kappa shape index (κ1) is 20.9. The molecule has 0 saturated carbocycles. The molecule has 2 aromatic heterocycles. The third-order valence-electron chi connectivity index (χ3n) is 6.22. The number of hydrogen-bond donors (Lipinski definition) is 2. The summed E-state index contributed by atoms with van der Waals surface area (Å²) in [5.41, 5.74) is 1.06. The molecule has 0 bridgehead atoms. The Balaban J connectivity index is 1.36. The Labute approximate surface area is 176 Å². The van der Waals surface area contributed by atoms with Gasteiger partial charge in [0.2, 0.25) is 0 Å². The molecule has 160 valence electrons. The van der Waals surface area contributed by atoms with Gasteiger partial charge in [0, 0.05) is 42.0 Å². The van der Waals surface area contributed by atoms with E-state index in [-0.39, 0.29) is 12.1 Å². The highest BCUT2D eigenvalue weighted by Crippen LogP contribution is 2.44. The van der Waals surface area contributed by atoms with Crippen LogP contribution in [0, 0.1) is 0 Å². The summed E-state index contributed by atoms with van der Waals surface area (Å²) in [4.78, 5) is 5.39. The molecule has 1 unspecified atom stereocenters. The fourth-order valence-electron chi connectivity index (χ4n) is 4.26. The van der Waals surface area contributed by atoms with Crippen molar-refractivity contribution in [3.63, 3.8) is 0 Å². The molecular formula is C21H32N4O3S. The van der Waals surface area contributed by atoms with E-state index < -0.39 is 11.7 Å². The molecule has 0 aromatic carbocycles. The van der Waals surface area contributed by atoms with Gasteiger partial charge in [-0.3, -0.25) is 4.90 Å². The first-order valence-electron chi connectivity index (χ1n) is 10.6. The van der Waals surface area contributed by atoms with Crippen LogP contribution >= 0.6 is 11.3 Å². The lowest BCUT2D eigenvalue weighted by molar-refractivity contribution is -0.0982. The van der Waals surface area contributed by atoms with Crippen LogP contribution in [0.5, 0.6) is 0 Å². The summed E-state index contributed by atoms with van der Waals surface area (Å²) >= 11 is 1.96. The van der Waals surface area contributed by atoms with Crippen molar-refractivity contribution in [3.8, 4) is 0 Å². The van der Waals surface area contributed by atoms with Gasteiger partial charge >= 0.3 is 0 Å². The number of rotatable bonds is 6. The number of fused-ring (bicyclic) bond motifs is 2. The number of aliphatic hydroxyl groups is 2. The molecule has 2 aromatic rings. The fourth-order valence-corrected chi connectivity index (χ4v) is 5.44. The van der Waals surface area contributed by atoms with E-state index in [1.807, 2.05) is 17.5 Å². The molecule has 0 amide bonds. The van der Waals surface area contributed by atoms with E-state index in [1.54, 1.807) is 18.5 Å². The first-order chi connectivity index (χ1) is 13.8. The van der Waals surface area contributed by atoms with Crippen LogP contribution in [-0.2, 0) is 36.3 Å². The van der Waals surface area contributed by atoms with Gasteiger partial charge in [0.1, 0.15) is 6.10 Å². The Bertz CT molecular complexity index is 833. The van der Waals surface area contributed by atoms with Crippen molar-refractivity contribution >= 4 is 11.3 Å². The molecule has 1 fully saturated rings. The quantitative estimate of drug-likeness (QED) is 0.745. The van der Waals surface area contributed by atoms with Crippen molar-refractivity contribution in [1.29, 1.82) is 0 Å². The SMILES string of the molecule is CCc1cc2c(s1)CCOC21CCN(Cc2cn(CC(O)C(C)(C)O)nn2)CC1. The number of likely N-dealkylation sites (tertiary alicyclic amines) is 1. The second-order valence-corrected chi connectivity index (χ2v) is 10.1. The predicted octanol–water partition coefficient (Wildman–Crippen LogP) is 2.10. The molecule has 1 saturated heterocycles. The van der Waals surface area contributed by atoms with Gasteiger partial charge in [-0.2, -0.15) is 0 Å². The summed E-state index contributed by atoms with van der Waals surface area (Å²) < 4.78 is 7.97. The predicted molar refractivity (Wildman–Crippen MR) is 112 cm³/mol. The van der Waals surface area contributed by atoms with Gasteiger partial charge in [0.05, 0.1) is 30.0 Å². The van der Waals surface area contributed by atoms with Gasteiger partial charge in [0.15, 0.2) is 0 Å². The van der Waals surface area contributed by atoms with Gasteiger partial charge in [-0.05, 0) is 44.7 Å². The van der Waals surface area contributed by atoms with E-state index in [4.69, 9.17) is 4.74 Å². The maximum Gasteiger partial charge on any atom is 0.102 e. The van der Waals surface area contributed by atoms with Gasteiger partial charge < -0.3 is 14.9 Å². The zero-order valence-corrected chi connectivity index (χ0v) is 18.4. The van der Waals surface area contributed by atoms with E-state index in [0.717, 1.165) is 57.6 Å². The van der Waals surface area contributed by atoms with Crippen LogP contribution in [0.25, 0.3) is 0 Å². The molecule has 2 aliphatic heterocycles. The standard InChI is InChI=1S/C21H32N4O3S/c1-4-16-11-17-18(29-16)5-10-28-21(17)6-8-24(9-7-21)12-15-13-25(23-22-15)14-19(26)20(2,3)27/h11,13,19,26-27H,4-10,12,14H2,1-3H3. The van der Waals surface area contributed by atoms with Crippen molar-refractivity contribution in [1.82, 2.24) is 19.9 Å². The summed E-state index contributed by atoms with van der Waals surface area (Å²) in [6.07, 6.45) is 5.13. The van der Waals surface area contributed by atoms with Crippen LogP contribution in [0.2, 0.25) is 0 Å². The number of thiophene rings is 1. The second-order valence-electron chi connectivity index (χ2n) is 8.87. The smallest absolute Gasteiger partial charge is 0.102 e.